The fourth-order valence-electron chi connectivity index (χ4n) is 4.87. The first kappa shape index (κ1) is 24.5. The van der Waals surface area contributed by atoms with Crippen LogP contribution in [-0.4, -0.2) is 30.9 Å². The van der Waals surface area contributed by atoms with Gasteiger partial charge in [-0.25, -0.2) is 0 Å². The summed E-state index contributed by atoms with van der Waals surface area (Å²) >= 11 is 0. The van der Waals surface area contributed by atoms with Gasteiger partial charge in [-0.3, -0.25) is 9.59 Å². The van der Waals surface area contributed by atoms with Gasteiger partial charge in [-0.05, 0) is 49.4 Å². The largest absolute Gasteiger partial charge is 0.371 e. The summed E-state index contributed by atoms with van der Waals surface area (Å²) in [5, 5.41) is 6.42. The number of carbonyl (C=O) groups is 2. The van der Waals surface area contributed by atoms with E-state index in [0.29, 0.717) is 5.56 Å². The Morgan fingerprint density at radius 1 is 0.857 bits per heavy atom. The molecule has 4 rings (SSSR count). The van der Waals surface area contributed by atoms with Crippen LogP contribution < -0.4 is 15.5 Å². The Hall–Kier alpha value is -3.60. The molecule has 5 nitrogen and oxygen atoms in total. The van der Waals surface area contributed by atoms with Crippen LogP contribution in [0.15, 0.2) is 84.9 Å². The molecule has 1 aliphatic heterocycles. The van der Waals surface area contributed by atoms with Crippen molar-refractivity contribution in [2.24, 2.45) is 0 Å². The number of hydrogen-bond donors (Lipinski definition) is 2. The molecule has 1 saturated heterocycles. The van der Waals surface area contributed by atoms with Crippen molar-refractivity contribution in [3.63, 3.8) is 0 Å². The Balaban J connectivity index is 1.36. The van der Waals surface area contributed by atoms with Gasteiger partial charge in [0.1, 0.15) is 0 Å². The van der Waals surface area contributed by atoms with Crippen LogP contribution in [-0.2, 0) is 4.79 Å². The van der Waals surface area contributed by atoms with E-state index in [0.717, 1.165) is 49.2 Å². The van der Waals surface area contributed by atoms with Crippen LogP contribution in [0.25, 0.3) is 0 Å². The van der Waals surface area contributed by atoms with Gasteiger partial charge in [0.2, 0.25) is 5.91 Å². The maximum absolute atomic E-state index is 13.1. The van der Waals surface area contributed by atoms with Crippen molar-refractivity contribution in [3.8, 4) is 0 Å². The first-order chi connectivity index (χ1) is 17.1. The third-order valence-electron chi connectivity index (χ3n) is 6.90. The van der Waals surface area contributed by atoms with E-state index in [1.807, 2.05) is 91.9 Å². The third-order valence-corrected chi connectivity index (χ3v) is 6.90. The van der Waals surface area contributed by atoms with E-state index in [-0.39, 0.29) is 29.8 Å². The molecule has 1 aliphatic rings. The molecule has 0 saturated carbocycles. The third kappa shape index (κ3) is 6.10. The number of rotatable bonds is 8. The van der Waals surface area contributed by atoms with E-state index in [4.69, 9.17) is 0 Å². The zero-order valence-corrected chi connectivity index (χ0v) is 20.6. The van der Waals surface area contributed by atoms with Crippen molar-refractivity contribution in [1.82, 2.24) is 10.6 Å². The number of hydrogen-bond acceptors (Lipinski definition) is 3. The minimum absolute atomic E-state index is 0.0685. The van der Waals surface area contributed by atoms with Crippen LogP contribution in [0.1, 0.15) is 66.6 Å². The summed E-state index contributed by atoms with van der Waals surface area (Å²) in [6, 6.07) is 27.9. The second-order valence-corrected chi connectivity index (χ2v) is 9.26. The first-order valence-corrected chi connectivity index (χ1v) is 12.6. The maximum atomic E-state index is 13.1. The zero-order valence-electron chi connectivity index (χ0n) is 20.6. The molecule has 1 heterocycles. The quantitative estimate of drug-likeness (QED) is 0.461. The van der Waals surface area contributed by atoms with Crippen LogP contribution in [0.3, 0.4) is 0 Å². The Bertz CT molecular complexity index is 1110. The lowest BCUT2D eigenvalue weighted by atomic mass is 9.94. The van der Waals surface area contributed by atoms with E-state index >= 15 is 0 Å². The molecule has 2 unspecified atom stereocenters. The fraction of sp³-hybridized carbons (Fsp3) is 0.333. The molecule has 0 radical (unpaired) electrons. The van der Waals surface area contributed by atoms with Crippen LogP contribution in [0, 0.1) is 0 Å². The van der Waals surface area contributed by atoms with Gasteiger partial charge in [0.05, 0.1) is 17.5 Å². The summed E-state index contributed by atoms with van der Waals surface area (Å²) in [6.45, 7) is 5.65. The normalized spacial score (nSPS) is 15.8. The number of amides is 2. The standard InChI is InChI=1S/C30H35N3O2/c1-3-26(24-14-8-5-9-15-24)29(34)32-25-18-20-33(21-19-25)28-17-11-10-16-27(28)30(35)31-22(2)23-12-6-4-7-13-23/h4-17,22,25-26H,3,18-21H2,1-2H3,(H,31,35)(H,32,34). The summed E-state index contributed by atoms with van der Waals surface area (Å²) in [4.78, 5) is 28.4. The lowest BCUT2D eigenvalue weighted by Crippen LogP contribution is -2.46. The number of para-hydroxylation sites is 1. The second kappa shape index (κ2) is 11.7. The number of anilines is 1. The van der Waals surface area contributed by atoms with Gasteiger partial charge in [0.25, 0.3) is 5.91 Å². The fourth-order valence-corrected chi connectivity index (χ4v) is 4.87. The summed E-state index contributed by atoms with van der Waals surface area (Å²) in [7, 11) is 0. The summed E-state index contributed by atoms with van der Waals surface area (Å²) < 4.78 is 0. The summed E-state index contributed by atoms with van der Waals surface area (Å²) in [5.41, 5.74) is 3.78. The number of carbonyl (C=O) groups excluding carboxylic acids is 2. The molecule has 3 aromatic carbocycles. The molecule has 3 aromatic rings. The Morgan fingerprint density at radius 2 is 1.43 bits per heavy atom. The van der Waals surface area contributed by atoms with Crippen LogP contribution in [0.2, 0.25) is 0 Å². The van der Waals surface area contributed by atoms with Gasteiger partial charge >= 0.3 is 0 Å². The maximum Gasteiger partial charge on any atom is 0.253 e. The molecule has 2 atom stereocenters. The molecular weight excluding hydrogens is 434 g/mol. The van der Waals surface area contributed by atoms with Crippen LogP contribution in [0.4, 0.5) is 5.69 Å². The van der Waals surface area contributed by atoms with Crippen LogP contribution >= 0.6 is 0 Å². The van der Waals surface area contributed by atoms with Gasteiger partial charge in [0.15, 0.2) is 0 Å². The molecule has 0 aliphatic carbocycles. The molecule has 35 heavy (non-hydrogen) atoms. The number of nitrogens with one attached hydrogen (secondary N) is 2. The lowest BCUT2D eigenvalue weighted by Gasteiger charge is -2.35. The van der Waals surface area contributed by atoms with Crippen molar-refractivity contribution in [1.29, 1.82) is 0 Å². The number of piperidine rings is 1. The molecule has 182 valence electrons. The Morgan fingerprint density at radius 3 is 2.06 bits per heavy atom. The van der Waals surface area contributed by atoms with E-state index < -0.39 is 0 Å². The van der Waals surface area contributed by atoms with Crippen molar-refractivity contribution in [3.05, 3.63) is 102 Å². The van der Waals surface area contributed by atoms with Gasteiger partial charge in [-0.1, -0.05) is 79.7 Å². The SMILES string of the molecule is CCC(C(=O)NC1CCN(c2ccccc2C(=O)NC(C)c2ccccc2)CC1)c1ccccc1. The highest BCUT2D eigenvalue weighted by molar-refractivity contribution is 6.00. The van der Waals surface area contributed by atoms with Gasteiger partial charge < -0.3 is 15.5 Å². The van der Waals surface area contributed by atoms with Crippen molar-refractivity contribution in [2.45, 2.75) is 51.1 Å². The van der Waals surface area contributed by atoms with Crippen molar-refractivity contribution >= 4 is 17.5 Å². The summed E-state index contributed by atoms with van der Waals surface area (Å²) in [6.07, 6.45) is 2.49. The smallest absolute Gasteiger partial charge is 0.253 e. The molecule has 0 aromatic heterocycles. The van der Waals surface area contributed by atoms with Crippen LogP contribution in [0.5, 0.6) is 0 Å². The highest BCUT2D eigenvalue weighted by Crippen LogP contribution is 2.26. The average Bonchev–Trinajstić information content (AvgIpc) is 2.90. The zero-order chi connectivity index (χ0) is 24.6. The molecule has 0 spiro atoms. The molecular formula is C30H35N3O2. The number of nitrogens with zero attached hydrogens (tertiary/aromatic N) is 1. The van der Waals surface area contributed by atoms with Gasteiger partial charge in [-0.2, -0.15) is 0 Å². The van der Waals surface area contributed by atoms with Gasteiger partial charge in [-0.15, -0.1) is 0 Å². The molecule has 5 heteroatoms. The predicted molar refractivity (Wildman–Crippen MR) is 142 cm³/mol. The Labute approximate surface area is 208 Å². The second-order valence-electron chi connectivity index (χ2n) is 9.26. The number of benzene rings is 3. The lowest BCUT2D eigenvalue weighted by molar-refractivity contribution is -0.123. The predicted octanol–water partition coefficient (Wildman–Crippen LogP) is 5.46. The Kier molecular flexibility index (Phi) is 8.19. The average molecular weight is 470 g/mol. The van der Waals surface area contributed by atoms with Crippen molar-refractivity contribution in [2.75, 3.05) is 18.0 Å². The van der Waals surface area contributed by atoms with Gasteiger partial charge in [0, 0.05) is 24.8 Å². The van der Waals surface area contributed by atoms with E-state index in [2.05, 4.69) is 22.5 Å². The molecule has 1 fully saturated rings. The highest BCUT2D eigenvalue weighted by Gasteiger charge is 2.26. The highest BCUT2D eigenvalue weighted by atomic mass is 16.2. The van der Waals surface area contributed by atoms with E-state index in [1.54, 1.807) is 0 Å². The van der Waals surface area contributed by atoms with E-state index in [9.17, 15) is 9.59 Å². The molecule has 2 amide bonds. The summed E-state index contributed by atoms with van der Waals surface area (Å²) in [5.74, 6) is -0.0851. The first-order valence-electron chi connectivity index (χ1n) is 12.6. The topological polar surface area (TPSA) is 61.4 Å². The minimum atomic E-state index is -0.120. The van der Waals surface area contributed by atoms with E-state index in [1.165, 1.54) is 0 Å². The molecule has 0 bridgehead atoms. The minimum Gasteiger partial charge on any atom is -0.371 e. The monoisotopic (exact) mass is 469 g/mol. The molecule has 2 N–H and O–H groups in total. The van der Waals surface area contributed by atoms with Crippen molar-refractivity contribution < 1.29 is 9.59 Å².